The van der Waals surface area contributed by atoms with Gasteiger partial charge in [0.05, 0.1) is 13.9 Å². The Morgan fingerprint density at radius 1 is 1.12 bits per heavy atom. The van der Waals surface area contributed by atoms with Crippen LogP contribution in [0.25, 0.3) is 6.08 Å². The van der Waals surface area contributed by atoms with Crippen LogP contribution < -0.4 is 4.74 Å². The zero-order valence-electron chi connectivity index (χ0n) is 13.9. The van der Waals surface area contributed by atoms with Gasteiger partial charge in [-0.1, -0.05) is 30.3 Å². The molecule has 7 heteroatoms. The summed E-state index contributed by atoms with van der Waals surface area (Å²) in [4.78, 5) is 25.7. The normalized spacial score (nSPS) is 15.8. The van der Waals surface area contributed by atoms with E-state index in [1.54, 1.807) is 13.0 Å². The van der Waals surface area contributed by atoms with Gasteiger partial charge in [-0.3, -0.25) is 14.5 Å². The van der Waals surface area contributed by atoms with Crippen LogP contribution in [0.15, 0.2) is 56.3 Å². The fourth-order valence-corrected chi connectivity index (χ4v) is 4.81. The lowest BCUT2D eigenvalue weighted by atomic mass is 10.2. The number of rotatable bonds is 5. The van der Waals surface area contributed by atoms with Crippen molar-refractivity contribution in [2.45, 2.75) is 13.5 Å². The van der Waals surface area contributed by atoms with Crippen LogP contribution in [0.3, 0.4) is 0 Å². The van der Waals surface area contributed by atoms with Crippen LogP contribution in [0, 0.1) is 0 Å². The summed E-state index contributed by atoms with van der Waals surface area (Å²) < 4.78 is 7.44. The van der Waals surface area contributed by atoms with Gasteiger partial charge in [-0.2, -0.15) is 0 Å². The van der Waals surface area contributed by atoms with E-state index in [1.165, 1.54) is 4.90 Å². The lowest BCUT2D eigenvalue weighted by Gasteiger charge is -2.11. The van der Waals surface area contributed by atoms with Crippen molar-refractivity contribution in [2.75, 3.05) is 6.54 Å². The van der Waals surface area contributed by atoms with Crippen LogP contribution in [0.1, 0.15) is 18.1 Å². The summed E-state index contributed by atoms with van der Waals surface area (Å²) in [6.07, 6.45) is 1.72. The fraction of sp³-hybridized carbons (Fsp3) is 0.158. The van der Waals surface area contributed by atoms with Crippen molar-refractivity contribution in [3.63, 3.8) is 0 Å². The molecule has 0 unspecified atom stereocenters. The van der Waals surface area contributed by atoms with E-state index in [0.717, 1.165) is 31.8 Å². The van der Waals surface area contributed by atoms with E-state index < -0.39 is 0 Å². The molecule has 0 aromatic heterocycles. The summed E-state index contributed by atoms with van der Waals surface area (Å²) in [6.45, 7) is 2.61. The first kappa shape index (κ1) is 19.2. The number of nitrogens with zero attached hydrogens (tertiary/aromatic N) is 1. The summed E-state index contributed by atoms with van der Waals surface area (Å²) in [6, 6.07) is 13.6. The number of hydrogen-bond donors (Lipinski definition) is 0. The smallest absolute Gasteiger partial charge is 0.293 e. The molecule has 1 heterocycles. The first-order chi connectivity index (χ1) is 12.5. The minimum absolute atomic E-state index is 0.232. The third kappa shape index (κ3) is 4.22. The van der Waals surface area contributed by atoms with Crippen molar-refractivity contribution in [1.82, 2.24) is 4.90 Å². The van der Waals surface area contributed by atoms with Crippen LogP contribution in [0.5, 0.6) is 5.75 Å². The Labute approximate surface area is 172 Å². The van der Waals surface area contributed by atoms with E-state index in [9.17, 15) is 9.59 Å². The lowest BCUT2D eigenvalue weighted by molar-refractivity contribution is -0.122. The predicted molar refractivity (Wildman–Crippen MR) is 111 cm³/mol. The Morgan fingerprint density at radius 2 is 1.77 bits per heavy atom. The third-order valence-electron chi connectivity index (χ3n) is 3.73. The number of ether oxygens (including phenoxy) is 1. The highest BCUT2D eigenvalue weighted by Gasteiger charge is 2.33. The summed E-state index contributed by atoms with van der Waals surface area (Å²) in [7, 11) is 0. The van der Waals surface area contributed by atoms with E-state index >= 15 is 0 Å². The summed E-state index contributed by atoms with van der Waals surface area (Å²) in [5.41, 5.74) is 1.88. The first-order valence-electron chi connectivity index (χ1n) is 7.90. The molecule has 26 heavy (non-hydrogen) atoms. The zero-order chi connectivity index (χ0) is 18.7. The van der Waals surface area contributed by atoms with E-state index in [0.29, 0.717) is 23.8 Å². The zero-order valence-corrected chi connectivity index (χ0v) is 17.9. The van der Waals surface area contributed by atoms with Crippen molar-refractivity contribution in [2.24, 2.45) is 0 Å². The molecule has 0 aliphatic carbocycles. The predicted octanol–water partition coefficient (Wildman–Crippen LogP) is 5.85. The maximum Gasteiger partial charge on any atom is 0.293 e. The van der Waals surface area contributed by atoms with Crippen molar-refractivity contribution >= 4 is 60.8 Å². The molecular weight excluding hydrogens is 482 g/mol. The van der Waals surface area contributed by atoms with Gasteiger partial charge in [0.25, 0.3) is 11.1 Å². The molecule has 2 amide bonds. The molecule has 2 aromatic carbocycles. The molecule has 134 valence electrons. The highest BCUT2D eigenvalue weighted by atomic mass is 79.9. The topological polar surface area (TPSA) is 46.6 Å². The fourth-order valence-electron chi connectivity index (χ4n) is 2.45. The van der Waals surface area contributed by atoms with Crippen LogP contribution in [0.2, 0.25) is 0 Å². The van der Waals surface area contributed by atoms with E-state index in [-0.39, 0.29) is 11.1 Å². The van der Waals surface area contributed by atoms with Gasteiger partial charge in [-0.25, -0.2) is 0 Å². The lowest BCUT2D eigenvalue weighted by Crippen LogP contribution is -2.27. The number of carbonyl (C=O) groups excluding carboxylic acids is 2. The standard InChI is InChI=1S/C19H15Br2NO3S/c1-2-22-18(23)16(26-19(22)24)10-13-8-14(20)17(15(21)9-13)25-11-12-6-4-3-5-7-12/h3-10H,2,11H2,1H3/b16-10+. The second-order valence-electron chi connectivity index (χ2n) is 5.51. The van der Waals surface area contributed by atoms with Crippen molar-refractivity contribution in [1.29, 1.82) is 0 Å². The molecular formula is C19H15Br2NO3S. The van der Waals surface area contributed by atoms with Gasteiger partial charge in [-0.15, -0.1) is 0 Å². The second kappa shape index (κ2) is 8.41. The van der Waals surface area contributed by atoms with Crippen LogP contribution in [0.4, 0.5) is 4.79 Å². The van der Waals surface area contributed by atoms with Crippen LogP contribution in [-0.4, -0.2) is 22.6 Å². The van der Waals surface area contributed by atoms with Gasteiger partial charge in [0.15, 0.2) is 0 Å². The number of hydrogen-bond acceptors (Lipinski definition) is 4. The molecule has 2 aromatic rings. The average Bonchev–Trinajstić information content (AvgIpc) is 2.88. The number of likely N-dealkylation sites (N-methyl/N-ethyl adjacent to an activating group) is 1. The summed E-state index contributed by atoms with van der Waals surface area (Å²) in [5, 5.41) is -0.232. The summed E-state index contributed by atoms with van der Waals surface area (Å²) >= 11 is 8.00. The Morgan fingerprint density at radius 3 is 2.35 bits per heavy atom. The second-order valence-corrected chi connectivity index (χ2v) is 8.22. The molecule has 0 spiro atoms. The van der Waals surface area contributed by atoms with Crippen molar-refractivity contribution < 1.29 is 14.3 Å². The molecule has 1 aliphatic heterocycles. The molecule has 0 atom stereocenters. The molecule has 4 nitrogen and oxygen atoms in total. The highest BCUT2D eigenvalue weighted by molar-refractivity contribution is 9.11. The highest BCUT2D eigenvalue weighted by Crippen LogP contribution is 2.38. The Kier molecular flexibility index (Phi) is 6.21. The minimum Gasteiger partial charge on any atom is -0.487 e. The number of amides is 2. The Balaban J connectivity index is 1.80. The monoisotopic (exact) mass is 495 g/mol. The Hall–Kier alpha value is -1.57. The molecule has 1 saturated heterocycles. The van der Waals surface area contributed by atoms with E-state index in [1.807, 2.05) is 42.5 Å². The molecule has 1 fully saturated rings. The number of thioether (sulfide) groups is 1. The quantitative estimate of drug-likeness (QED) is 0.487. The number of benzene rings is 2. The van der Waals surface area contributed by atoms with E-state index in [4.69, 9.17) is 4.74 Å². The van der Waals surface area contributed by atoms with Gasteiger partial charge in [0, 0.05) is 6.54 Å². The third-order valence-corrected chi connectivity index (χ3v) is 5.82. The summed E-state index contributed by atoms with van der Waals surface area (Å²) in [5.74, 6) is 0.437. The maximum atomic E-state index is 12.2. The largest absolute Gasteiger partial charge is 0.487 e. The van der Waals surface area contributed by atoms with Crippen LogP contribution >= 0.6 is 43.6 Å². The average molecular weight is 497 g/mol. The maximum absolute atomic E-state index is 12.2. The minimum atomic E-state index is -0.251. The first-order valence-corrected chi connectivity index (χ1v) is 10.3. The molecule has 1 aliphatic rings. The molecule has 0 N–H and O–H groups in total. The van der Waals surface area contributed by atoms with Crippen molar-refractivity contribution in [3.8, 4) is 5.75 Å². The number of imide groups is 1. The molecule has 0 bridgehead atoms. The van der Waals surface area contributed by atoms with Gasteiger partial charge in [0.1, 0.15) is 12.4 Å². The van der Waals surface area contributed by atoms with Crippen molar-refractivity contribution in [3.05, 3.63) is 67.4 Å². The van der Waals surface area contributed by atoms with Gasteiger partial charge < -0.3 is 4.74 Å². The Bertz CT molecular complexity index is 861. The van der Waals surface area contributed by atoms with Crippen LogP contribution in [-0.2, 0) is 11.4 Å². The molecule has 0 saturated carbocycles. The number of halogens is 2. The SMILES string of the molecule is CCN1C(=O)S/C(=C/c2cc(Br)c(OCc3ccccc3)c(Br)c2)C1=O. The van der Waals surface area contributed by atoms with Gasteiger partial charge >= 0.3 is 0 Å². The number of carbonyl (C=O) groups is 2. The van der Waals surface area contributed by atoms with Gasteiger partial charge in [-0.05, 0) is 79.9 Å². The molecule has 0 radical (unpaired) electrons. The van der Waals surface area contributed by atoms with Gasteiger partial charge in [0.2, 0.25) is 0 Å². The molecule has 3 rings (SSSR count). The van der Waals surface area contributed by atoms with E-state index in [2.05, 4.69) is 31.9 Å².